The van der Waals surface area contributed by atoms with Gasteiger partial charge in [-0.1, -0.05) is 0 Å². The van der Waals surface area contributed by atoms with Crippen LogP contribution in [0.5, 0.6) is 0 Å². The highest BCUT2D eigenvalue weighted by atomic mass is 19.1. The minimum Gasteiger partial charge on any atom is -0.308 e. The van der Waals surface area contributed by atoms with E-state index in [1.54, 1.807) is 65.5 Å². The van der Waals surface area contributed by atoms with E-state index in [4.69, 9.17) is 0 Å². The Hall–Kier alpha value is -5.13. The summed E-state index contributed by atoms with van der Waals surface area (Å²) in [6, 6.07) is 15.8. The fraction of sp³-hybridized carbons (Fsp3) is 0. The zero-order valence-electron chi connectivity index (χ0n) is 17.4. The van der Waals surface area contributed by atoms with Crippen LogP contribution in [0.15, 0.2) is 85.6 Å². The molecule has 0 atom stereocenters. The van der Waals surface area contributed by atoms with Crippen LogP contribution in [-0.4, -0.2) is 46.4 Å². The first-order valence-electron chi connectivity index (χ1n) is 10.0. The molecule has 2 aromatic carbocycles. The molecule has 2 amide bonds. The Bertz CT molecular complexity index is 1430. The second-order valence-electron chi connectivity index (χ2n) is 7.07. The number of tetrazole rings is 1. The summed E-state index contributed by atoms with van der Waals surface area (Å²) in [5.74, 6) is -1.04. The van der Waals surface area contributed by atoms with E-state index in [0.29, 0.717) is 22.8 Å². The summed E-state index contributed by atoms with van der Waals surface area (Å²) in [6.07, 6.45) is 6.31. The number of carbonyl (C=O) groups is 2. The first-order chi connectivity index (χ1) is 16.6. The van der Waals surface area contributed by atoms with E-state index in [9.17, 15) is 14.0 Å². The number of aromatic nitrogens is 7. The highest BCUT2D eigenvalue weighted by Gasteiger charge is 2.20. The molecule has 0 aliphatic heterocycles. The Balaban J connectivity index is 1.34. The van der Waals surface area contributed by atoms with Crippen LogP contribution in [0.3, 0.4) is 0 Å². The van der Waals surface area contributed by atoms with E-state index >= 15 is 0 Å². The van der Waals surface area contributed by atoms with Crippen molar-refractivity contribution in [3.05, 3.63) is 103 Å². The molecule has 0 radical (unpaired) electrons. The molecular weight excluding hydrogens is 441 g/mol. The Morgan fingerprint density at radius 2 is 1.53 bits per heavy atom. The number of hydrazine groups is 1. The van der Waals surface area contributed by atoms with Crippen molar-refractivity contribution in [3.63, 3.8) is 0 Å². The first kappa shape index (κ1) is 20.8. The SMILES string of the molecule is O=C(NNC(=O)c1cnn(-c2ccc(F)cc2)c1-n1cccc1)c1ccc(-n2cnnn2)cc1. The molecule has 5 rings (SSSR count). The average molecular weight is 457 g/mol. The molecule has 0 unspecified atom stereocenters. The van der Waals surface area contributed by atoms with Gasteiger partial charge in [0.2, 0.25) is 0 Å². The van der Waals surface area contributed by atoms with Gasteiger partial charge in [0, 0.05) is 18.0 Å². The van der Waals surface area contributed by atoms with E-state index in [-0.39, 0.29) is 11.4 Å². The quantitative estimate of drug-likeness (QED) is 0.388. The summed E-state index contributed by atoms with van der Waals surface area (Å²) in [5, 5.41) is 15.2. The van der Waals surface area contributed by atoms with Crippen LogP contribution in [0.4, 0.5) is 4.39 Å². The van der Waals surface area contributed by atoms with Crippen molar-refractivity contribution in [3.8, 4) is 17.2 Å². The summed E-state index contributed by atoms with van der Waals surface area (Å²) < 4.78 is 18.0. The van der Waals surface area contributed by atoms with Gasteiger partial charge in [0.05, 0.1) is 17.6 Å². The molecule has 12 heteroatoms. The average Bonchev–Trinajstić information content (AvgIpc) is 3.64. The first-order valence-corrected chi connectivity index (χ1v) is 10.0. The monoisotopic (exact) mass is 457 g/mol. The van der Waals surface area contributed by atoms with Crippen molar-refractivity contribution >= 4 is 11.8 Å². The second-order valence-corrected chi connectivity index (χ2v) is 7.07. The van der Waals surface area contributed by atoms with Crippen molar-refractivity contribution in [1.82, 2.24) is 45.4 Å². The molecule has 0 aliphatic rings. The number of hydrogen-bond acceptors (Lipinski definition) is 6. The van der Waals surface area contributed by atoms with Gasteiger partial charge in [0.1, 0.15) is 17.7 Å². The summed E-state index contributed by atoms with van der Waals surface area (Å²) in [4.78, 5) is 25.4. The van der Waals surface area contributed by atoms with Crippen LogP contribution in [0, 0.1) is 5.82 Å². The van der Waals surface area contributed by atoms with E-state index in [1.807, 2.05) is 0 Å². The number of nitrogens with one attached hydrogen (secondary N) is 2. The van der Waals surface area contributed by atoms with E-state index in [0.717, 1.165) is 0 Å². The van der Waals surface area contributed by atoms with E-state index in [2.05, 4.69) is 31.5 Å². The molecule has 0 saturated heterocycles. The standard InChI is InChI=1S/C22H16FN9O2/c23-16-5-9-18(10-6-16)32-22(30-11-1-2-12-30)19(13-25-32)21(34)27-26-20(33)15-3-7-17(8-4-15)31-14-24-28-29-31/h1-14H,(H,26,33)(H,27,34). The maximum atomic E-state index is 13.4. The van der Waals surface area contributed by atoms with Crippen LogP contribution in [-0.2, 0) is 0 Å². The van der Waals surface area contributed by atoms with Gasteiger partial charge in [-0.3, -0.25) is 20.4 Å². The van der Waals surface area contributed by atoms with Crippen LogP contribution in [0.25, 0.3) is 17.2 Å². The maximum absolute atomic E-state index is 13.4. The molecule has 3 aromatic heterocycles. The van der Waals surface area contributed by atoms with Crippen molar-refractivity contribution in [2.45, 2.75) is 0 Å². The smallest absolute Gasteiger partial charge is 0.275 e. The Morgan fingerprint density at radius 3 is 2.21 bits per heavy atom. The fourth-order valence-corrected chi connectivity index (χ4v) is 3.30. The minimum atomic E-state index is -0.573. The van der Waals surface area contributed by atoms with Crippen molar-refractivity contribution in [2.24, 2.45) is 0 Å². The molecule has 11 nitrogen and oxygen atoms in total. The molecule has 0 bridgehead atoms. The molecule has 0 aliphatic carbocycles. The van der Waals surface area contributed by atoms with Crippen molar-refractivity contribution < 1.29 is 14.0 Å². The predicted molar refractivity (Wildman–Crippen MR) is 117 cm³/mol. The number of amides is 2. The van der Waals surface area contributed by atoms with Gasteiger partial charge in [0.25, 0.3) is 11.8 Å². The Kier molecular flexibility index (Phi) is 5.36. The Morgan fingerprint density at radius 1 is 0.853 bits per heavy atom. The lowest BCUT2D eigenvalue weighted by Gasteiger charge is -2.12. The van der Waals surface area contributed by atoms with Crippen molar-refractivity contribution in [2.75, 3.05) is 0 Å². The van der Waals surface area contributed by atoms with E-state index < -0.39 is 11.8 Å². The molecule has 34 heavy (non-hydrogen) atoms. The molecule has 2 N–H and O–H groups in total. The molecule has 0 spiro atoms. The van der Waals surface area contributed by atoms with Gasteiger partial charge >= 0.3 is 0 Å². The summed E-state index contributed by atoms with van der Waals surface area (Å²) in [7, 11) is 0. The third-order valence-corrected chi connectivity index (χ3v) is 4.94. The predicted octanol–water partition coefficient (Wildman–Crippen LogP) is 1.85. The van der Waals surface area contributed by atoms with Gasteiger partial charge in [-0.05, 0) is 71.1 Å². The normalized spacial score (nSPS) is 10.7. The highest BCUT2D eigenvalue weighted by molar-refractivity contribution is 6.00. The number of rotatable bonds is 5. The number of nitrogens with zero attached hydrogens (tertiary/aromatic N) is 7. The van der Waals surface area contributed by atoms with Gasteiger partial charge in [-0.2, -0.15) is 5.10 Å². The van der Waals surface area contributed by atoms with Gasteiger partial charge in [0.15, 0.2) is 5.82 Å². The second kappa shape index (κ2) is 8.78. The minimum absolute atomic E-state index is 0.204. The number of benzene rings is 2. The largest absolute Gasteiger partial charge is 0.308 e. The number of hydrogen-bond donors (Lipinski definition) is 2. The van der Waals surface area contributed by atoms with Gasteiger partial charge in [-0.25, -0.2) is 13.8 Å². The molecule has 0 fully saturated rings. The zero-order valence-corrected chi connectivity index (χ0v) is 17.4. The molecule has 168 valence electrons. The topological polar surface area (TPSA) is 125 Å². The molecule has 5 aromatic rings. The maximum Gasteiger partial charge on any atom is 0.275 e. The van der Waals surface area contributed by atoms with Crippen molar-refractivity contribution in [1.29, 1.82) is 0 Å². The van der Waals surface area contributed by atoms with Crippen LogP contribution in [0.2, 0.25) is 0 Å². The van der Waals surface area contributed by atoms with E-state index in [1.165, 1.54) is 34.0 Å². The summed E-state index contributed by atoms with van der Waals surface area (Å²) >= 11 is 0. The molecule has 0 saturated carbocycles. The third kappa shape index (κ3) is 4.02. The summed E-state index contributed by atoms with van der Waals surface area (Å²) in [6.45, 7) is 0. The lowest BCUT2D eigenvalue weighted by molar-refractivity contribution is 0.0846. The molecular formula is C22H16FN9O2. The van der Waals surface area contributed by atoms with Crippen LogP contribution in [0.1, 0.15) is 20.7 Å². The lowest BCUT2D eigenvalue weighted by Crippen LogP contribution is -2.41. The van der Waals surface area contributed by atoms with Crippen LogP contribution < -0.4 is 10.9 Å². The summed E-state index contributed by atoms with van der Waals surface area (Å²) in [5.41, 5.74) is 6.58. The number of halogens is 1. The van der Waals surface area contributed by atoms with Gasteiger partial charge in [-0.15, -0.1) is 5.10 Å². The Labute approximate surface area is 191 Å². The van der Waals surface area contributed by atoms with Crippen LogP contribution >= 0.6 is 0 Å². The lowest BCUT2D eigenvalue weighted by atomic mass is 10.2. The third-order valence-electron chi connectivity index (χ3n) is 4.94. The molecule has 3 heterocycles. The fourth-order valence-electron chi connectivity index (χ4n) is 3.30. The number of carbonyl (C=O) groups excluding carboxylic acids is 2. The zero-order chi connectivity index (χ0) is 23.5. The highest BCUT2D eigenvalue weighted by Crippen LogP contribution is 2.20. The van der Waals surface area contributed by atoms with Gasteiger partial charge < -0.3 is 4.57 Å².